The highest BCUT2D eigenvalue weighted by atomic mass is 16.5. The smallest absolute Gasteiger partial charge is 0.288 e. The van der Waals surface area contributed by atoms with Crippen molar-refractivity contribution in [1.82, 2.24) is 20.5 Å². The summed E-state index contributed by atoms with van der Waals surface area (Å²) in [7, 11) is 1.65. The van der Waals surface area contributed by atoms with E-state index in [0.717, 1.165) is 12.0 Å². The summed E-state index contributed by atoms with van der Waals surface area (Å²) in [4.78, 5) is 15.8. The van der Waals surface area contributed by atoms with Crippen LogP contribution in [0.2, 0.25) is 0 Å². The fourth-order valence-electron chi connectivity index (χ4n) is 2.53. The second-order valence-electron chi connectivity index (χ2n) is 4.47. The molecule has 0 fully saturated rings. The van der Waals surface area contributed by atoms with Gasteiger partial charge in [-0.15, -0.1) is 0 Å². The largest absolute Gasteiger partial charge is 0.375 e. The minimum absolute atomic E-state index is 0.0833. The molecule has 0 saturated carbocycles. The van der Waals surface area contributed by atoms with Gasteiger partial charge in [-0.25, -0.2) is 4.98 Å². The lowest BCUT2D eigenvalue weighted by Crippen LogP contribution is -2.38. The number of ether oxygens (including phenoxy) is 1. The van der Waals surface area contributed by atoms with E-state index in [2.05, 4.69) is 26.6 Å². The SMILES string of the molecule is CO[C@H]1c2ccccc2C[C@H]1NC(=O)c1ncn[nH]1. The highest BCUT2D eigenvalue weighted by molar-refractivity contribution is 5.90. The van der Waals surface area contributed by atoms with Gasteiger partial charge in [-0.1, -0.05) is 24.3 Å². The van der Waals surface area contributed by atoms with Gasteiger partial charge in [0, 0.05) is 7.11 Å². The standard InChI is InChI=1S/C13H14N4O2/c1-19-11-9-5-3-2-4-8(9)6-10(11)16-13(18)12-14-7-15-17-12/h2-5,7,10-11H,6H2,1H3,(H,16,18)(H,14,15,17)/t10-,11+/m1/s1. The number of amides is 1. The number of H-pyrrole nitrogens is 1. The lowest BCUT2D eigenvalue weighted by molar-refractivity contribution is 0.0670. The van der Waals surface area contributed by atoms with Crippen molar-refractivity contribution in [1.29, 1.82) is 0 Å². The molecule has 6 nitrogen and oxygen atoms in total. The number of hydrogen-bond donors (Lipinski definition) is 2. The summed E-state index contributed by atoms with van der Waals surface area (Å²) in [6.45, 7) is 0. The molecule has 19 heavy (non-hydrogen) atoms. The van der Waals surface area contributed by atoms with Crippen LogP contribution >= 0.6 is 0 Å². The van der Waals surface area contributed by atoms with Gasteiger partial charge < -0.3 is 10.1 Å². The Labute approximate surface area is 110 Å². The molecule has 2 aromatic rings. The van der Waals surface area contributed by atoms with Crippen LogP contribution in [0.15, 0.2) is 30.6 Å². The van der Waals surface area contributed by atoms with Crippen LogP contribution in [0.3, 0.4) is 0 Å². The van der Waals surface area contributed by atoms with E-state index in [1.807, 2.05) is 18.2 Å². The van der Waals surface area contributed by atoms with E-state index in [1.165, 1.54) is 11.9 Å². The molecule has 0 saturated heterocycles. The zero-order chi connectivity index (χ0) is 13.2. The van der Waals surface area contributed by atoms with Crippen LogP contribution in [-0.4, -0.2) is 34.2 Å². The maximum atomic E-state index is 12.0. The third kappa shape index (κ3) is 2.10. The molecule has 0 bridgehead atoms. The molecule has 0 radical (unpaired) electrons. The lowest BCUT2D eigenvalue weighted by atomic mass is 10.1. The number of fused-ring (bicyclic) bond motifs is 1. The zero-order valence-electron chi connectivity index (χ0n) is 10.5. The molecule has 6 heteroatoms. The van der Waals surface area contributed by atoms with E-state index in [1.54, 1.807) is 7.11 Å². The summed E-state index contributed by atoms with van der Waals surface area (Å²) in [6, 6.07) is 7.98. The Morgan fingerprint density at radius 3 is 3.05 bits per heavy atom. The summed E-state index contributed by atoms with van der Waals surface area (Å²) >= 11 is 0. The molecule has 3 rings (SSSR count). The molecule has 0 aliphatic heterocycles. The predicted molar refractivity (Wildman–Crippen MR) is 67.5 cm³/mol. The van der Waals surface area contributed by atoms with E-state index >= 15 is 0 Å². The fourth-order valence-corrected chi connectivity index (χ4v) is 2.53. The number of nitrogens with one attached hydrogen (secondary N) is 2. The Hall–Kier alpha value is -2.21. The van der Waals surface area contributed by atoms with Crippen LogP contribution in [0.1, 0.15) is 27.8 Å². The predicted octanol–water partition coefficient (Wildman–Crippen LogP) is 0.847. The number of aromatic nitrogens is 3. The van der Waals surface area contributed by atoms with Crippen molar-refractivity contribution in [3.05, 3.63) is 47.5 Å². The molecule has 2 N–H and O–H groups in total. The molecule has 1 aliphatic rings. The van der Waals surface area contributed by atoms with Crippen molar-refractivity contribution in [2.24, 2.45) is 0 Å². The van der Waals surface area contributed by atoms with Gasteiger partial charge in [-0.05, 0) is 17.5 Å². The number of hydrogen-bond acceptors (Lipinski definition) is 4. The summed E-state index contributed by atoms with van der Waals surface area (Å²) in [6.07, 6.45) is 1.95. The number of carbonyl (C=O) groups is 1. The number of nitrogens with zero attached hydrogens (tertiary/aromatic N) is 2. The Bertz CT molecular complexity index is 582. The Balaban J connectivity index is 1.78. The van der Waals surface area contributed by atoms with Crippen molar-refractivity contribution < 1.29 is 9.53 Å². The number of methoxy groups -OCH3 is 1. The first-order valence-corrected chi connectivity index (χ1v) is 6.06. The molecule has 1 aliphatic carbocycles. The van der Waals surface area contributed by atoms with Crippen LogP contribution in [-0.2, 0) is 11.2 Å². The van der Waals surface area contributed by atoms with E-state index in [4.69, 9.17) is 4.74 Å². The first-order chi connectivity index (χ1) is 9.29. The maximum Gasteiger partial charge on any atom is 0.288 e. The van der Waals surface area contributed by atoms with Gasteiger partial charge in [-0.2, -0.15) is 5.10 Å². The fraction of sp³-hybridized carbons (Fsp3) is 0.308. The Morgan fingerprint density at radius 2 is 2.32 bits per heavy atom. The average Bonchev–Trinajstić information content (AvgIpc) is 3.05. The van der Waals surface area contributed by atoms with Crippen molar-refractivity contribution in [2.75, 3.05) is 7.11 Å². The van der Waals surface area contributed by atoms with Crippen LogP contribution < -0.4 is 5.32 Å². The summed E-state index contributed by atoms with van der Waals surface area (Å²) in [5, 5.41) is 9.15. The molecule has 98 valence electrons. The lowest BCUT2D eigenvalue weighted by Gasteiger charge is -2.19. The third-order valence-electron chi connectivity index (χ3n) is 3.37. The Morgan fingerprint density at radius 1 is 1.47 bits per heavy atom. The monoisotopic (exact) mass is 258 g/mol. The first kappa shape index (κ1) is 11.9. The third-order valence-corrected chi connectivity index (χ3v) is 3.37. The van der Waals surface area contributed by atoms with Gasteiger partial charge in [-0.3, -0.25) is 9.89 Å². The number of aromatic amines is 1. The van der Waals surface area contributed by atoms with Gasteiger partial charge in [0.15, 0.2) is 0 Å². The van der Waals surface area contributed by atoms with Crippen LogP contribution in [0, 0.1) is 0 Å². The highest BCUT2D eigenvalue weighted by Crippen LogP contribution is 2.33. The first-order valence-electron chi connectivity index (χ1n) is 6.06. The molecule has 0 unspecified atom stereocenters. The molecular weight excluding hydrogens is 244 g/mol. The molecule has 1 amide bonds. The van der Waals surface area contributed by atoms with Crippen molar-refractivity contribution in [3.63, 3.8) is 0 Å². The van der Waals surface area contributed by atoms with Crippen molar-refractivity contribution >= 4 is 5.91 Å². The van der Waals surface area contributed by atoms with Gasteiger partial charge in [0.25, 0.3) is 5.91 Å². The van der Waals surface area contributed by atoms with Crippen molar-refractivity contribution in [2.45, 2.75) is 18.6 Å². The van der Waals surface area contributed by atoms with E-state index in [-0.39, 0.29) is 23.9 Å². The van der Waals surface area contributed by atoms with Crippen molar-refractivity contribution in [3.8, 4) is 0 Å². The van der Waals surface area contributed by atoms with E-state index in [9.17, 15) is 4.79 Å². The zero-order valence-corrected chi connectivity index (χ0v) is 10.5. The molecule has 1 aromatic heterocycles. The Kier molecular flexibility index (Phi) is 3.00. The van der Waals surface area contributed by atoms with Gasteiger partial charge >= 0.3 is 0 Å². The highest BCUT2D eigenvalue weighted by Gasteiger charge is 2.33. The second-order valence-corrected chi connectivity index (χ2v) is 4.47. The summed E-state index contributed by atoms with van der Waals surface area (Å²) in [5.41, 5.74) is 2.34. The van der Waals surface area contributed by atoms with E-state index < -0.39 is 0 Å². The number of rotatable bonds is 3. The van der Waals surface area contributed by atoms with Crippen LogP contribution in [0.4, 0.5) is 0 Å². The minimum Gasteiger partial charge on any atom is -0.375 e. The maximum absolute atomic E-state index is 12.0. The second kappa shape index (κ2) is 4.81. The van der Waals surface area contributed by atoms with Crippen LogP contribution in [0.5, 0.6) is 0 Å². The minimum atomic E-state index is -0.266. The molecular formula is C13H14N4O2. The van der Waals surface area contributed by atoms with Gasteiger partial charge in [0.05, 0.1) is 6.04 Å². The normalized spacial score (nSPS) is 21.1. The van der Waals surface area contributed by atoms with Gasteiger partial charge in [0.2, 0.25) is 5.82 Å². The summed E-state index contributed by atoms with van der Waals surface area (Å²) in [5.74, 6) is -0.0526. The number of benzene rings is 1. The van der Waals surface area contributed by atoms with E-state index in [0.29, 0.717) is 0 Å². The molecule has 2 atom stereocenters. The van der Waals surface area contributed by atoms with Gasteiger partial charge in [0.1, 0.15) is 12.4 Å². The van der Waals surface area contributed by atoms with Crippen LogP contribution in [0.25, 0.3) is 0 Å². The number of carbonyl (C=O) groups excluding carboxylic acids is 1. The molecule has 1 heterocycles. The summed E-state index contributed by atoms with van der Waals surface area (Å²) < 4.78 is 5.51. The molecule has 1 aromatic carbocycles. The average molecular weight is 258 g/mol. The quantitative estimate of drug-likeness (QED) is 0.855. The topological polar surface area (TPSA) is 79.9 Å². The molecule has 0 spiro atoms.